The number of halogens is 2. The smallest absolute Gasteiger partial charge is 0.322 e. The molecule has 1 aromatic rings. The van der Waals surface area contributed by atoms with Crippen LogP contribution < -0.4 is 5.32 Å². The van der Waals surface area contributed by atoms with Gasteiger partial charge in [0.25, 0.3) is 0 Å². The van der Waals surface area contributed by atoms with Crippen molar-refractivity contribution in [1.29, 1.82) is 0 Å². The Bertz CT molecular complexity index is 453. The maximum Gasteiger partial charge on any atom is 0.322 e. The van der Waals surface area contributed by atoms with Crippen molar-refractivity contribution in [3.63, 3.8) is 0 Å². The van der Waals surface area contributed by atoms with E-state index in [1.165, 1.54) is 18.2 Å². The van der Waals surface area contributed by atoms with E-state index in [1.807, 2.05) is 13.8 Å². The van der Waals surface area contributed by atoms with Gasteiger partial charge in [-0.1, -0.05) is 17.7 Å². The number of hydrogen-bond acceptors (Lipinski definition) is 2. The number of nitrogens with zero attached hydrogens (tertiary/aromatic N) is 1. The minimum atomic E-state index is -0.546. The molecule has 104 valence electrons. The molecular weight excluding hydrogens is 271 g/mol. The molecule has 4 nitrogen and oxygen atoms in total. The molecule has 0 aromatic heterocycles. The summed E-state index contributed by atoms with van der Waals surface area (Å²) in [6.45, 7) is 4.74. The SMILES string of the molecule is CC1CN(C(=O)Nc2c(F)cccc2Cl)CC(C)O1. The molecule has 0 radical (unpaired) electrons. The first-order chi connectivity index (χ1) is 8.97. The molecule has 0 bridgehead atoms. The maximum absolute atomic E-state index is 13.6. The fourth-order valence-electron chi connectivity index (χ4n) is 2.15. The summed E-state index contributed by atoms with van der Waals surface area (Å²) in [4.78, 5) is 13.7. The summed E-state index contributed by atoms with van der Waals surface area (Å²) in [6.07, 6.45) is -0.0730. The number of rotatable bonds is 1. The minimum absolute atomic E-state index is 0.0148. The summed E-state index contributed by atoms with van der Waals surface area (Å²) in [5, 5.41) is 2.70. The second-order valence-electron chi connectivity index (χ2n) is 4.69. The third kappa shape index (κ3) is 3.36. The van der Waals surface area contributed by atoms with Crippen LogP contribution in [0.4, 0.5) is 14.9 Å². The Hall–Kier alpha value is -1.33. The van der Waals surface area contributed by atoms with E-state index < -0.39 is 5.82 Å². The molecule has 1 aliphatic heterocycles. The first-order valence-corrected chi connectivity index (χ1v) is 6.50. The molecular formula is C13H16ClFN2O2. The van der Waals surface area contributed by atoms with Crippen molar-refractivity contribution in [3.8, 4) is 0 Å². The average molecular weight is 287 g/mol. The van der Waals surface area contributed by atoms with E-state index in [1.54, 1.807) is 4.90 Å². The molecule has 1 saturated heterocycles. The lowest BCUT2D eigenvalue weighted by molar-refractivity contribution is -0.0530. The van der Waals surface area contributed by atoms with Crippen molar-refractivity contribution >= 4 is 23.3 Å². The highest BCUT2D eigenvalue weighted by molar-refractivity contribution is 6.33. The summed E-state index contributed by atoms with van der Waals surface area (Å²) < 4.78 is 19.1. The van der Waals surface area contributed by atoms with Crippen LogP contribution >= 0.6 is 11.6 Å². The standard InChI is InChI=1S/C13H16ClFN2O2/c1-8-6-17(7-9(2)19-8)13(18)16-12-10(14)4-3-5-11(12)15/h3-5,8-9H,6-7H2,1-2H3,(H,16,18). The molecule has 0 saturated carbocycles. The summed E-state index contributed by atoms with van der Waals surface area (Å²) in [7, 11) is 0. The predicted molar refractivity (Wildman–Crippen MR) is 72.0 cm³/mol. The van der Waals surface area contributed by atoms with Crippen LogP contribution in [0.2, 0.25) is 5.02 Å². The van der Waals surface area contributed by atoms with Gasteiger partial charge < -0.3 is 15.0 Å². The van der Waals surface area contributed by atoms with Crippen LogP contribution in [-0.2, 0) is 4.74 Å². The fraction of sp³-hybridized carbons (Fsp3) is 0.462. The van der Waals surface area contributed by atoms with Crippen molar-refractivity contribution in [2.24, 2.45) is 0 Å². The van der Waals surface area contributed by atoms with Crippen molar-refractivity contribution in [2.75, 3.05) is 18.4 Å². The summed E-state index contributed by atoms with van der Waals surface area (Å²) >= 11 is 5.87. The Morgan fingerprint density at radius 3 is 2.63 bits per heavy atom. The third-order valence-electron chi connectivity index (χ3n) is 2.90. The van der Waals surface area contributed by atoms with Crippen molar-refractivity contribution in [3.05, 3.63) is 29.0 Å². The zero-order valence-corrected chi connectivity index (χ0v) is 11.6. The number of carbonyl (C=O) groups excluding carboxylic acids is 1. The highest BCUT2D eigenvalue weighted by Crippen LogP contribution is 2.25. The van der Waals surface area contributed by atoms with Crippen LogP contribution in [0.3, 0.4) is 0 Å². The molecule has 0 spiro atoms. The third-order valence-corrected chi connectivity index (χ3v) is 3.22. The molecule has 1 aliphatic rings. The normalized spacial score (nSPS) is 23.3. The van der Waals surface area contributed by atoms with Gasteiger partial charge in [0.05, 0.1) is 22.9 Å². The van der Waals surface area contributed by atoms with E-state index >= 15 is 0 Å². The van der Waals surface area contributed by atoms with Crippen LogP contribution in [0.5, 0.6) is 0 Å². The summed E-state index contributed by atoms with van der Waals surface area (Å²) in [5.41, 5.74) is 0.0148. The predicted octanol–water partition coefficient (Wildman–Crippen LogP) is 3.12. The van der Waals surface area contributed by atoms with E-state index in [2.05, 4.69) is 5.32 Å². The molecule has 0 aliphatic carbocycles. The topological polar surface area (TPSA) is 41.6 Å². The molecule has 6 heteroatoms. The Kier molecular flexibility index (Phi) is 4.27. The molecule has 2 rings (SSSR count). The van der Waals surface area contributed by atoms with Crippen molar-refractivity contribution < 1.29 is 13.9 Å². The van der Waals surface area contributed by atoms with Crippen LogP contribution in [0.1, 0.15) is 13.8 Å². The number of ether oxygens (including phenoxy) is 1. The van der Waals surface area contributed by atoms with E-state index in [9.17, 15) is 9.18 Å². The number of hydrogen-bond donors (Lipinski definition) is 1. The quantitative estimate of drug-likeness (QED) is 0.862. The Morgan fingerprint density at radius 1 is 1.42 bits per heavy atom. The van der Waals surface area contributed by atoms with Crippen LogP contribution in [0.25, 0.3) is 0 Å². The van der Waals surface area contributed by atoms with Crippen molar-refractivity contribution in [1.82, 2.24) is 4.90 Å². The highest BCUT2D eigenvalue weighted by atomic mass is 35.5. The molecule has 1 aromatic carbocycles. The summed E-state index contributed by atoms with van der Waals surface area (Å²) in [5.74, 6) is -0.546. The molecule has 1 heterocycles. The van der Waals surface area contributed by atoms with E-state index in [-0.39, 0.29) is 28.9 Å². The van der Waals surface area contributed by atoms with Gasteiger partial charge in [0.2, 0.25) is 0 Å². The second kappa shape index (κ2) is 5.75. The maximum atomic E-state index is 13.6. The number of amides is 2. The number of benzene rings is 1. The van der Waals surface area contributed by atoms with Gasteiger partial charge in [-0.2, -0.15) is 0 Å². The lowest BCUT2D eigenvalue weighted by Crippen LogP contribution is -2.49. The molecule has 2 atom stereocenters. The van der Waals surface area contributed by atoms with Gasteiger partial charge in [-0.25, -0.2) is 9.18 Å². The molecule has 2 amide bonds. The lowest BCUT2D eigenvalue weighted by Gasteiger charge is -2.35. The number of anilines is 1. The van der Waals surface area contributed by atoms with Crippen LogP contribution in [0, 0.1) is 5.82 Å². The Morgan fingerprint density at radius 2 is 2.05 bits per heavy atom. The Labute approximate surface area is 116 Å². The van der Waals surface area contributed by atoms with E-state index in [4.69, 9.17) is 16.3 Å². The van der Waals surface area contributed by atoms with Crippen LogP contribution in [-0.4, -0.2) is 36.2 Å². The van der Waals surface area contributed by atoms with Gasteiger partial charge in [0.1, 0.15) is 5.82 Å². The number of morpholine rings is 1. The van der Waals surface area contributed by atoms with Gasteiger partial charge in [-0.3, -0.25) is 0 Å². The largest absolute Gasteiger partial charge is 0.372 e. The molecule has 1 N–H and O–H groups in total. The first kappa shape index (κ1) is 14.1. The molecule has 2 unspecified atom stereocenters. The van der Waals surface area contributed by atoms with Crippen LogP contribution in [0.15, 0.2) is 18.2 Å². The summed E-state index contributed by atoms with van der Waals surface area (Å²) in [6, 6.07) is 3.91. The number of urea groups is 1. The van der Waals surface area contributed by atoms with Gasteiger partial charge in [0, 0.05) is 13.1 Å². The minimum Gasteiger partial charge on any atom is -0.372 e. The van der Waals surface area contributed by atoms with Gasteiger partial charge in [0.15, 0.2) is 0 Å². The van der Waals surface area contributed by atoms with Gasteiger partial charge in [-0.15, -0.1) is 0 Å². The number of carbonyl (C=O) groups is 1. The average Bonchev–Trinajstić information content (AvgIpc) is 2.32. The highest BCUT2D eigenvalue weighted by Gasteiger charge is 2.26. The first-order valence-electron chi connectivity index (χ1n) is 6.12. The van der Waals surface area contributed by atoms with Crippen molar-refractivity contribution in [2.45, 2.75) is 26.1 Å². The van der Waals surface area contributed by atoms with Gasteiger partial charge >= 0.3 is 6.03 Å². The second-order valence-corrected chi connectivity index (χ2v) is 5.10. The number of para-hydroxylation sites is 1. The molecule has 1 fully saturated rings. The monoisotopic (exact) mass is 286 g/mol. The zero-order chi connectivity index (χ0) is 14.0. The van der Waals surface area contributed by atoms with E-state index in [0.717, 1.165) is 0 Å². The Balaban J connectivity index is 2.08. The van der Waals surface area contributed by atoms with E-state index in [0.29, 0.717) is 13.1 Å². The number of nitrogens with one attached hydrogen (secondary N) is 1. The lowest BCUT2D eigenvalue weighted by atomic mass is 10.2. The molecule has 19 heavy (non-hydrogen) atoms. The van der Waals surface area contributed by atoms with Gasteiger partial charge in [-0.05, 0) is 26.0 Å². The zero-order valence-electron chi connectivity index (χ0n) is 10.8. The fourth-order valence-corrected chi connectivity index (χ4v) is 2.36.